The van der Waals surface area contributed by atoms with Crippen molar-refractivity contribution in [1.82, 2.24) is 4.98 Å². The highest BCUT2D eigenvalue weighted by Gasteiger charge is 2.26. The number of nitrogens with one attached hydrogen (secondary N) is 1. The minimum absolute atomic E-state index is 0.0838. The Balaban J connectivity index is 2.31. The summed E-state index contributed by atoms with van der Waals surface area (Å²) in [4.78, 5) is 21.2. The molecule has 7 heteroatoms. The third-order valence-corrected chi connectivity index (χ3v) is 6.41. The number of carbonyl (C=O) groups is 1. The zero-order valence-corrected chi connectivity index (χ0v) is 17.0. The highest BCUT2D eigenvalue weighted by Crippen LogP contribution is 2.43. The van der Waals surface area contributed by atoms with Crippen LogP contribution in [0.3, 0.4) is 0 Å². The van der Waals surface area contributed by atoms with E-state index in [1.807, 2.05) is 32.0 Å². The Morgan fingerprint density at radius 3 is 2.68 bits per heavy atom. The summed E-state index contributed by atoms with van der Waals surface area (Å²) >= 11 is 7.98. The number of rotatable bonds is 2. The molecule has 1 aromatic carbocycles. The van der Waals surface area contributed by atoms with Gasteiger partial charge in [0.25, 0.3) is 5.82 Å². The summed E-state index contributed by atoms with van der Waals surface area (Å²) in [5, 5.41) is 10.8. The molecule has 3 heterocycles. The number of thiophene rings is 1. The lowest BCUT2D eigenvalue weighted by molar-refractivity contribution is -0.325. The monoisotopic (exact) mass is 407 g/mol. The SMILES string of the molecule is CC(=O)c1c(C)nc2sc3c(C)c(C#N)c(N)[nH+]c3c2c1-c1ccccc1Cl. The molecule has 0 unspecified atom stereocenters. The van der Waals surface area contributed by atoms with Crippen molar-refractivity contribution in [2.75, 3.05) is 5.73 Å². The molecule has 5 nitrogen and oxygen atoms in total. The first kappa shape index (κ1) is 18.4. The van der Waals surface area contributed by atoms with Gasteiger partial charge < -0.3 is 0 Å². The van der Waals surface area contributed by atoms with Gasteiger partial charge in [-0.1, -0.05) is 29.8 Å². The molecule has 3 aromatic heterocycles. The van der Waals surface area contributed by atoms with E-state index in [9.17, 15) is 10.1 Å². The Morgan fingerprint density at radius 2 is 2.04 bits per heavy atom. The average Bonchev–Trinajstić information content (AvgIpc) is 2.99. The predicted octanol–water partition coefficient (Wildman–Crippen LogP) is 4.86. The van der Waals surface area contributed by atoms with E-state index in [0.717, 1.165) is 37.1 Å². The first-order valence-corrected chi connectivity index (χ1v) is 9.78. The van der Waals surface area contributed by atoms with Gasteiger partial charge in [-0.2, -0.15) is 5.26 Å². The van der Waals surface area contributed by atoms with Gasteiger partial charge in [0.15, 0.2) is 11.3 Å². The van der Waals surface area contributed by atoms with Crippen molar-refractivity contribution >= 4 is 55.0 Å². The number of hydrogen-bond acceptors (Lipinski definition) is 5. The Labute approximate surface area is 170 Å². The third kappa shape index (κ3) is 2.55. The summed E-state index contributed by atoms with van der Waals surface area (Å²) in [7, 11) is 0. The van der Waals surface area contributed by atoms with Crippen molar-refractivity contribution in [3.63, 3.8) is 0 Å². The number of Topliss-reactive ketones (excluding diaryl/α,β-unsaturated/α-hetero) is 1. The van der Waals surface area contributed by atoms with Crippen LogP contribution in [0.4, 0.5) is 5.82 Å². The number of nitrogen functional groups attached to an aromatic ring is 1. The normalized spacial score (nSPS) is 11.1. The molecule has 0 saturated carbocycles. The van der Waals surface area contributed by atoms with Crippen molar-refractivity contribution in [2.45, 2.75) is 20.8 Å². The maximum atomic E-state index is 12.5. The van der Waals surface area contributed by atoms with Gasteiger partial charge in [-0.25, -0.2) is 9.97 Å². The first-order valence-electron chi connectivity index (χ1n) is 8.59. The minimum atomic E-state index is -0.0838. The second-order valence-corrected chi connectivity index (χ2v) is 8.03. The van der Waals surface area contributed by atoms with E-state index in [0.29, 0.717) is 27.7 Å². The lowest BCUT2D eigenvalue weighted by Gasteiger charge is -2.13. The molecule has 0 aliphatic carbocycles. The van der Waals surface area contributed by atoms with E-state index in [1.54, 1.807) is 6.07 Å². The molecule has 0 radical (unpaired) electrons. The summed E-state index contributed by atoms with van der Waals surface area (Å²) in [6.07, 6.45) is 0. The van der Waals surface area contributed by atoms with Gasteiger partial charge in [0.2, 0.25) is 0 Å². The van der Waals surface area contributed by atoms with Gasteiger partial charge >= 0.3 is 0 Å². The van der Waals surface area contributed by atoms with Crippen LogP contribution in [0.2, 0.25) is 5.02 Å². The highest BCUT2D eigenvalue weighted by atomic mass is 35.5. The molecule has 0 atom stereocenters. The summed E-state index contributed by atoms with van der Waals surface area (Å²) < 4.78 is 0.890. The van der Waals surface area contributed by atoms with Gasteiger partial charge in [0, 0.05) is 21.7 Å². The van der Waals surface area contributed by atoms with Gasteiger partial charge in [-0.3, -0.25) is 10.5 Å². The first-order chi connectivity index (χ1) is 13.3. The number of ketones is 1. The number of hydrogen-bond donors (Lipinski definition) is 1. The Hall–Kier alpha value is -3.01. The molecule has 4 aromatic rings. The third-order valence-electron chi connectivity index (χ3n) is 4.87. The largest absolute Gasteiger partial charge is 0.294 e. The smallest absolute Gasteiger partial charge is 0.289 e. The number of nitrogens with two attached hydrogens (primary N) is 1. The van der Waals surface area contributed by atoms with Crippen LogP contribution in [0.5, 0.6) is 0 Å². The van der Waals surface area contributed by atoms with Crippen molar-refractivity contribution in [2.24, 2.45) is 0 Å². The fraction of sp³-hybridized carbons (Fsp3) is 0.143. The lowest BCUT2D eigenvalue weighted by atomic mass is 9.93. The molecule has 0 spiro atoms. The van der Waals surface area contributed by atoms with Crippen LogP contribution >= 0.6 is 22.9 Å². The lowest BCUT2D eigenvalue weighted by Crippen LogP contribution is -2.14. The van der Waals surface area contributed by atoms with Crippen LogP contribution in [-0.4, -0.2) is 10.8 Å². The fourth-order valence-corrected chi connectivity index (χ4v) is 5.07. The zero-order chi connectivity index (χ0) is 20.2. The molecule has 0 bridgehead atoms. The standard InChI is InChI=1S/C21H15ClN4OS/c1-9-13(8-23)20(24)26-18-17-16(12-6-4-5-7-14(12)22)15(11(3)27)10(2)25-21(17)28-19(9)18/h4-7H,1-3H3,(H2,24,26)/p+1. The Morgan fingerprint density at radius 1 is 1.32 bits per heavy atom. The van der Waals surface area contributed by atoms with Gasteiger partial charge in [-0.15, -0.1) is 11.3 Å². The van der Waals surface area contributed by atoms with Crippen LogP contribution in [0.1, 0.15) is 34.1 Å². The number of benzene rings is 1. The number of fused-ring (bicyclic) bond motifs is 3. The second kappa shape index (κ2) is 6.55. The number of aryl methyl sites for hydroxylation is 2. The molecule has 138 valence electrons. The number of nitriles is 1. The fourth-order valence-electron chi connectivity index (χ4n) is 3.65. The van der Waals surface area contributed by atoms with Gasteiger partial charge in [-0.05, 0) is 32.4 Å². The number of nitrogens with zero attached hydrogens (tertiary/aromatic N) is 2. The minimum Gasteiger partial charge on any atom is -0.294 e. The maximum Gasteiger partial charge on any atom is 0.289 e. The highest BCUT2D eigenvalue weighted by molar-refractivity contribution is 7.25. The maximum absolute atomic E-state index is 12.5. The number of H-pyrrole nitrogens is 1. The van der Waals surface area contributed by atoms with E-state index in [-0.39, 0.29) is 5.78 Å². The molecule has 0 aliphatic rings. The molecular weight excluding hydrogens is 392 g/mol. The van der Waals surface area contributed by atoms with Crippen molar-refractivity contribution in [3.05, 3.63) is 51.7 Å². The number of halogens is 1. The number of carbonyl (C=O) groups excluding carboxylic acids is 1. The van der Waals surface area contributed by atoms with E-state index < -0.39 is 0 Å². The second-order valence-electron chi connectivity index (χ2n) is 6.62. The van der Waals surface area contributed by atoms with Crippen LogP contribution in [0.25, 0.3) is 31.6 Å². The molecule has 4 rings (SSSR count). The van der Waals surface area contributed by atoms with E-state index in [1.165, 1.54) is 18.3 Å². The molecule has 28 heavy (non-hydrogen) atoms. The van der Waals surface area contributed by atoms with Crippen LogP contribution in [0.15, 0.2) is 24.3 Å². The van der Waals surface area contributed by atoms with Crippen molar-refractivity contribution in [1.29, 1.82) is 5.26 Å². The van der Waals surface area contributed by atoms with Gasteiger partial charge in [0.05, 0.1) is 15.8 Å². The zero-order valence-electron chi connectivity index (χ0n) is 15.5. The number of anilines is 1. The molecular formula is C21H16ClN4OS+. The predicted molar refractivity (Wildman–Crippen MR) is 113 cm³/mol. The van der Waals surface area contributed by atoms with E-state index in [2.05, 4.69) is 16.0 Å². The van der Waals surface area contributed by atoms with E-state index >= 15 is 0 Å². The molecule has 0 amide bonds. The molecule has 0 fully saturated rings. The average molecular weight is 408 g/mol. The number of pyridine rings is 2. The van der Waals surface area contributed by atoms with Crippen molar-refractivity contribution in [3.8, 4) is 17.2 Å². The van der Waals surface area contributed by atoms with E-state index in [4.69, 9.17) is 17.3 Å². The van der Waals surface area contributed by atoms with Crippen LogP contribution < -0.4 is 10.7 Å². The Kier molecular flexibility index (Phi) is 4.30. The van der Waals surface area contributed by atoms with Crippen molar-refractivity contribution < 1.29 is 9.78 Å². The Bertz CT molecular complexity index is 1350. The van der Waals surface area contributed by atoms with Crippen LogP contribution in [-0.2, 0) is 0 Å². The van der Waals surface area contributed by atoms with Gasteiger partial charge in [0.1, 0.15) is 16.5 Å². The number of aromatic nitrogens is 2. The quantitative estimate of drug-likeness (QED) is 0.480. The topological polar surface area (TPSA) is 93.9 Å². The summed E-state index contributed by atoms with van der Waals surface area (Å²) in [6.45, 7) is 5.22. The summed E-state index contributed by atoms with van der Waals surface area (Å²) in [5.41, 5.74) is 10.8. The molecule has 3 N–H and O–H groups in total. The van der Waals surface area contributed by atoms with Crippen LogP contribution in [0, 0.1) is 25.2 Å². The molecule has 0 saturated heterocycles. The summed E-state index contributed by atoms with van der Waals surface area (Å²) in [5.74, 6) is 0.210. The number of aromatic amines is 1. The molecule has 0 aliphatic heterocycles. The summed E-state index contributed by atoms with van der Waals surface area (Å²) in [6, 6.07) is 9.58.